The predicted molar refractivity (Wildman–Crippen MR) is 74.5 cm³/mol. The molecule has 1 amide bonds. The molecular weight excluding hydrogens is 256 g/mol. The first-order chi connectivity index (χ1) is 9.50. The van der Waals surface area contributed by atoms with E-state index < -0.39 is 5.54 Å². The zero-order valence-corrected chi connectivity index (χ0v) is 11.6. The van der Waals surface area contributed by atoms with E-state index in [1.807, 2.05) is 44.2 Å². The van der Waals surface area contributed by atoms with Gasteiger partial charge in [-0.05, 0) is 19.1 Å². The molecule has 0 bridgehead atoms. The number of benzene rings is 1. The van der Waals surface area contributed by atoms with Gasteiger partial charge in [0.05, 0.1) is 0 Å². The minimum Gasteiger partial charge on any atom is -0.348 e. The molecule has 0 aliphatic carbocycles. The number of nitrogens with zero attached hydrogens (tertiary/aromatic N) is 4. The quantitative estimate of drug-likeness (QED) is 0.811. The number of nitrogens with two attached hydrogens (primary N) is 1. The van der Waals surface area contributed by atoms with Gasteiger partial charge in [0.2, 0.25) is 11.7 Å². The molecule has 0 spiro atoms. The average molecular weight is 274 g/mol. The van der Waals surface area contributed by atoms with E-state index in [0.717, 1.165) is 5.56 Å². The molecule has 0 atom stereocenters. The highest BCUT2D eigenvalue weighted by Crippen LogP contribution is 2.11. The van der Waals surface area contributed by atoms with Crippen LogP contribution in [0.5, 0.6) is 0 Å². The Balaban J connectivity index is 2.02. The topological polar surface area (TPSA) is 98.7 Å². The van der Waals surface area contributed by atoms with Gasteiger partial charge in [0, 0.05) is 17.6 Å². The number of amides is 1. The fourth-order valence-electron chi connectivity index (χ4n) is 1.61. The Bertz CT molecular complexity index is 578. The molecule has 0 aliphatic heterocycles. The van der Waals surface area contributed by atoms with Crippen LogP contribution in [0.2, 0.25) is 0 Å². The number of carbonyl (C=O) groups excluding carboxylic acids is 1. The molecule has 20 heavy (non-hydrogen) atoms. The molecule has 0 radical (unpaired) electrons. The van der Waals surface area contributed by atoms with E-state index >= 15 is 0 Å². The van der Waals surface area contributed by atoms with Gasteiger partial charge in [-0.15, -0.1) is 10.2 Å². The fraction of sp³-hybridized carbons (Fsp3) is 0.385. The van der Waals surface area contributed by atoms with E-state index in [0.29, 0.717) is 12.4 Å². The zero-order valence-electron chi connectivity index (χ0n) is 11.6. The molecule has 1 aromatic carbocycles. The number of hydrogen-bond acceptors (Lipinski definition) is 5. The summed E-state index contributed by atoms with van der Waals surface area (Å²) in [5, 5.41) is 14.8. The maximum atomic E-state index is 11.8. The third kappa shape index (κ3) is 3.61. The van der Waals surface area contributed by atoms with Crippen LogP contribution < -0.4 is 11.1 Å². The molecule has 3 N–H and O–H groups in total. The molecule has 7 nitrogen and oxygen atoms in total. The van der Waals surface area contributed by atoms with Gasteiger partial charge in [0.1, 0.15) is 6.54 Å². The highest BCUT2D eigenvalue weighted by atomic mass is 16.2. The normalized spacial score (nSPS) is 11.3. The highest BCUT2D eigenvalue weighted by Gasteiger charge is 2.19. The second-order valence-corrected chi connectivity index (χ2v) is 5.15. The molecule has 106 valence electrons. The summed E-state index contributed by atoms with van der Waals surface area (Å²) in [6, 6.07) is 9.48. The Morgan fingerprint density at radius 1 is 1.35 bits per heavy atom. The van der Waals surface area contributed by atoms with Crippen molar-refractivity contribution >= 4 is 5.91 Å². The first-order valence-corrected chi connectivity index (χ1v) is 6.34. The van der Waals surface area contributed by atoms with Crippen LogP contribution in [0.15, 0.2) is 30.3 Å². The number of rotatable bonds is 5. The van der Waals surface area contributed by atoms with Crippen molar-refractivity contribution in [1.29, 1.82) is 0 Å². The van der Waals surface area contributed by atoms with Crippen molar-refractivity contribution < 1.29 is 4.79 Å². The van der Waals surface area contributed by atoms with Crippen LogP contribution in [0.4, 0.5) is 0 Å². The Morgan fingerprint density at radius 3 is 2.70 bits per heavy atom. The minimum atomic E-state index is -0.445. The van der Waals surface area contributed by atoms with Crippen LogP contribution in [0.3, 0.4) is 0 Å². The Labute approximate surface area is 117 Å². The van der Waals surface area contributed by atoms with E-state index in [9.17, 15) is 4.79 Å². The molecule has 0 aliphatic rings. The van der Waals surface area contributed by atoms with Crippen molar-refractivity contribution in [2.24, 2.45) is 5.73 Å². The van der Waals surface area contributed by atoms with Crippen LogP contribution in [0, 0.1) is 0 Å². The SMILES string of the molecule is CC(C)(CN)NC(=O)Cn1nnc(-c2ccccc2)n1. The molecular formula is C13H18N6O. The van der Waals surface area contributed by atoms with Crippen LogP contribution in [0.1, 0.15) is 13.8 Å². The molecule has 0 saturated carbocycles. The maximum Gasteiger partial charge on any atom is 0.244 e. The summed E-state index contributed by atoms with van der Waals surface area (Å²) in [7, 11) is 0. The number of aromatic nitrogens is 4. The van der Waals surface area contributed by atoms with Crippen LogP contribution in [-0.2, 0) is 11.3 Å². The van der Waals surface area contributed by atoms with Gasteiger partial charge in [0.25, 0.3) is 0 Å². The summed E-state index contributed by atoms with van der Waals surface area (Å²) in [5.41, 5.74) is 5.98. The largest absolute Gasteiger partial charge is 0.348 e. The Kier molecular flexibility index (Phi) is 4.09. The lowest BCUT2D eigenvalue weighted by Crippen LogP contribution is -2.50. The van der Waals surface area contributed by atoms with Gasteiger partial charge in [-0.3, -0.25) is 4.79 Å². The van der Waals surface area contributed by atoms with E-state index in [-0.39, 0.29) is 12.5 Å². The van der Waals surface area contributed by atoms with Crippen molar-refractivity contribution in [2.45, 2.75) is 25.9 Å². The van der Waals surface area contributed by atoms with E-state index in [1.165, 1.54) is 4.80 Å². The molecule has 1 heterocycles. The van der Waals surface area contributed by atoms with E-state index in [1.54, 1.807) is 0 Å². The van der Waals surface area contributed by atoms with Crippen molar-refractivity contribution in [1.82, 2.24) is 25.5 Å². The standard InChI is InChI=1S/C13H18N6O/c1-13(2,9-14)15-11(20)8-19-17-12(16-18-19)10-6-4-3-5-7-10/h3-7H,8-9,14H2,1-2H3,(H,15,20). The summed E-state index contributed by atoms with van der Waals surface area (Å²) < 4.78 is 0. The van der Waals surface area contributed by atoms with Gasteiger partial charge in [-0.1, -0.05) is 30.3 Å². The Hall–Kier alpha value is -2.28. The number of tetrazole rings is 1. The molecule has 0 fully saturated rings. The summed E-state index contributed by atoms with van der Waals surface area (Å²) in [5.74, 6) is 0.300. The highest BCUT2D eigenvalue weighted by molar-refractivity contribution is 5.76. The summed E-state index contributed by atoms with van der Waals surface area (Å²) in [4.78, 5) is 13.1. The van der Waals surface area contributed by atoms with E-state index in [4.69, 9.17) is 5.73 Å². The van der Waals surface area contributed by atoms with E-state index in [2.05, 4.69) is 20.7 Å². The van der Waals surface area contributed by atoms with Crippen molar-refractivity contribution in [3.05, 3.63) is 30.3 Å². The lowest BCUT2D eigenvalue weighted by Gasteiger charge is -2.23. The maximum absolute atomic E-state index is 11.8. The minimum absolute atomic E-state index is 0.0171. The zero-order chi connectivity index (χ0) is 14.6. The first kappa shape index (κ1) is 14.1. The molecule has 7 heteroatoms. The molecule has 0 unspecified atom stereocenters. The van der Waals surface area contributed by atoms with Crippen molar-refractivity contribution in [3.8, 4) is 11.4 Å². The third-order valence-corrected chi connectivity index (χ3v) is 2.76. The summed E-state index contributed by atoms with van der Waals surface area (Å²) in [6.45, 7) is 4.09. The second-order valence-electron chi connectivity index (χ2n) is 5.15. The van der Waals surface area contributed by atoms with Crippen LogP contribution in [-0.4, -0.2) is 38.2 Å². The van der Waals surface area contributed by atoms with Crippen LogP contribution in [0.25, 0.3) is 11.4 Å². The number of nitrogens with one attached hydrogen (secondary N) is 1. The number of carbonyl (C=O) groups is 1. The second kappa shape index (κ2) is 5.79. The van der Waals surface area contributed by atoms with Gasteiger partial charge in [-0.2, -0.15) is 4.80 Å². The average Bonchev–Trinajstić information content (AvgIpc) is 2.87. The van der Waals surface area contributed by atoms with Gasteiger partial charge < -0.3 is 11.1 Å². The summed E-state index contributed by atoms with van der Waals surface area (Å²) in [6.07, 6.45) is 0. The number of hydrogen-bond donors (Lipinski definition) is 2. The van der Waals surface area contributed by atoms with Crippen molar-refractivity contribution in [2.75, 3.05) is 6.54 Å². The lowest BCUT2D eigenvalue weighted by molar-refractivity contribution is -0.123. The monoisotopic (exact) mass is 274 g/mol. The fourth-order valence-corrected chi connectivity index (χ4v) is 1.61. The third-order valence-electron chi connectivity index (χ3n) is 2.76. The molecule has 0 saturated heterocycles. The molecule has 2 rings (SSSR count). The first-order valence-electron chi connectivity index (χ1n) is 6.34. The van der Waals surface area contributed by atoms with Crippen LogP contribution >= 0.6 is 0 Å². The van der Waals surface area contributed by atoms with Crippen molar-refractivity contribution in [3.63, 3.8) is 0 Å². The summed E-state index contributed by atoms with van der Waals surface area (Å²) >= 11 is 0. The molecule has 1 aromatic heterocycles. The van der Waals surface area contributed by atoms with Gasteiger partial charge in [0.15, 0.2) is 0 Å². The smallest absolute Gasteiger partial charge is 0.244 e. The van der Waals surface area contributed by atoms with Gasteiger partial charge >= 0.3 is 0 Å². The van der Waals surface area contributed by atoms with Gasteiger partial charge in [-0.25, -0.2) is 0 Å². The lowest BCUT2D eigenvalue weighted by atomic mass is 10.1. The Morgan fingerprint density at radius 2 is 2.05 bits per heavy atom. The predicted octanol–water partition coefficient (Wildman–Crippen LogP) is 0.194. The molecule has 2 aromatic rings.